The molecule has 2 N–H and O–H groups in total. The van der Waals surface area contributed by atoms with Crippen LogP contribution in [-0.2, 0) is 6.54 Å². The molecule has 1 atom stereocenters. The van der Waals surface area contributed by atoms with Gasteiger partial charge in [0.2, 0.25) is 0 Å². The highest BCUT2D eigenvalue weighted by Crippen LogP contribution is 2.21. The van der Waals surface area contributed by atoms with Gasteiger partial charge in [-0.25, -0.2) is 4.79 Å². The van der Waals surface area contributed by atoms with Gasteiger partial charge in [-0.1, -0.05) is 12.1 Å². The van der Waals surface area contributed by atoms with Gasteiger partial charge in [0.05, 0.1) is 5.56 Å². The lowest BCUT2D eigenvalue weighted by molar-refractivity contribution is 0.0697. The number of carbonyl (C=O) groups is 1. The third-order valence-electron chi connectivity index (χ3n) is 3.75. The van der Waals surface area contributed by atoms with Crippen molar-refractivity contribution in [3.63, 3.8) is 0 Å². The van der Waals surface area contributed by atoms with Crippen LogP contribution in [0.3, 0.4) is 0 Å². The first kappa shape index (κ1) is 14.0. The van der Waals surface area contributed by atoms with Crippen molar-refractivity contribution in [1.29, 1.82) is 0 Å². The Labute approximate surface area is 113 Å². The van der Waals surface area contributed by atoms with Gasteiger partial charge in [-0.2, -0.15) is 0 Å². The standard InChI is InChI=1S/C15H21NO3/c17-9-7-12-2-1-8-16(10-12)11-13-3-5-14(6-4-13)15(18)19/h3-6,12,17H,1-2,7-11H2,(H,18,19). The summed E-state index contributed by atoms with van der Waals surface area (Å²) in [5, 5.41) is 17.9. The van der Waals surface area contributed by atoms with E-state index < -0.39 is 5.97 Å². The number of rotatable bonds is 5. The summed E-state index contributed by atoms with van der Waals surface area (Å²) in [5.74, 6) is -0.287. The fraction of sp³-hybridized carbons (Fsp3) is 0.533. The molecule has 1 unspecified atom stereocenters. The van der Waals surface area contributed by atoms with Crippen LogP contribution in [0.4, 0.5) is 0 Å². The SMILES string of the molecule is O=C(O)c1ccc(CN2CCCC(CCO)C2)cc1. The molecule has 2 rings (SSSR count). The van der Waals surface area contributed by atoms with Gasteiger partial charge >= 0.3 is 5.97 Å². The monoisotopic (exact) mass is 263 g/mol. The fourth-order valence-electron chi connectivity index (χ4n) is 2.72. The number of aromatic carboxylic acids is 1. The number of carboxylic acid groups (broad SMARTS) is 1. The molecule has 1 aromatic rings. The molecule has 0 aliphatic carbocycles. The summed E-state index contributed by atoms with van der Waals surface area (Å²) in [4.78, 5) is 13.2. The first-order valence-corrected chi connectivity index (χ1v) is 6.84. The molecule has 1 saturated heterocycles. The summed E-state index contributed by atoms with van der Waals surface area (Å²) in [6, 6.07) is 7.10. The van der Waals surface area contributed by atoms with E-state index in [0.29, 0.717) is 11.5 Å². The Hall–Kier alpha value is -1.39. The molecule has 1 aliphatic rings. The molecule has 1 fully saturated rings. The summed E-state index contributed by atoms with van der Waals surface area (Å²) in [6.45, 7) is 3.25. The lowest BCUT2D eigenvalue weighted by Crippen LogP contribution is -2.35. The van der Waals surface area contributed by atoms with Crippen molar-refractivity contribution in [2.75, 3.05) is 19.7 Å². The number of likely N-dealkylation sites (tertiary alicyclic amines) is 1. The predicted octanol–water partition coefficient (Wildman–Crippen LogP) is 1.98. The fourth-order valence-corrected chi connectivity index (χ4v) is 2.72. The highest BCUT2D eigenvalue weighted by Gasteiger charge is 2.19. The van der Waals surface area contributed by atoms with Crippen molar-refractivity contribution < 1.29 is 15.0 Å². The maximum atomic E-state index is 10.8. The van der Waals surface area contributed by atoms with E-state index in [1.165, 1.54) is 12.8 Å². The topological polar surface area (TPSA) is 60.8 Å². The molecule has 0 aromatic heterocycles. The van der Waals surface area contributed by atoms with Gasteiger partial charge in [0.15, 0.2) is 0 Å². The maximum Gasteiger partial charge on any atom is 0.335 e. The number of piperidine rings is 1. The predicted molar refractivity (Wildman–Crippen MR) is 73.1 cm³/mol. The van der Waals surface area contributed by atoms with E-state index in [-0.39, 0.29) is 6.61 Å². The Bertz CT molecular complexity index is 414. The first-order chi connectivity index (χ1) is 9.19. The van der Waals surface area contributed by atoms with Crippen molar-refractivity contribution in [3.8, 4) is 0 Å². The summed E-state index contributed by atoms with van der Waals surface area (Å²) < 4.78 is 0. The number of hydrogen-bond donors (Lipinski definition) is 2. The van der Waals surface area contributed by atoms with Gasteiger partial charge in [-0.3, -0.25) is 4.90 Å². The zero-order chi connectivity index (χ0) is 13.7. The average molecular weight is 263 g/mol. The molecule has 104 valence electrons. The zero-order valence-corrected chi connectivity index (χ0v) is 11.1. The Balaban J connectivity index is 1.91. The van der Waals surface area contributed by atoms with E-state index in [4.69, 9.17) is 10.2 Å². The van der Waals surface area contributed by atoms with E-state index in [9.17, 15) is 4.79 Å². The van der Waals surface area contributed by atoms with Crippen molar-refractivity contribution in [2.24, 2.45) is 5.92 Å². The Morgan fingerprint density at radius 1 is 1.32 bits per heavy atom. The van der Waals surface area contributed by atoms with Gasteiger partial charge in [-0.15, -0.1) is 0 Å². The molecule has 0 saturated carbocycles. The van der Waals surface area contributed by atoms with E-state index in [1.54, 1.807) is 12.1 Å². The second-order valence-corrected chi connectivity index (χ2v) is 5.26. The second kappa shape index (κ2) is 6.68. The Morgan fingerprint density at radius 3 is 2.68 bits per heavy atom. The van der Waals surface area contributed by atoms with Crippen LogP contribution in [-0.4, -0.2) is 40.8 Å². The normalized spacial score (nSPS) is 20.4. The maximum absolute atomic E-state index is 10.8. The van der Waals surface area contributed by atoms with Crippen molar-refractivity contribution in [2.45, 2.75) is 25.8 Å². The molecule has 19 heavy (non-hydrogen) atoms. The number of aliphatic hydroxyl groups excluding tert-OH is 1. The van der Waals surface area contributed by atoms with Crippen LogP contribution in [0.2, 0.25) is 0 Å². The Morgan fingerprint density at radius 2 is 2.05 bits per heavy atom. The van der Waals surface area contributed by atoms with Crippen molar-refractivity contribution in [3.05, 3.63) is 35.4 Å². The molecule has 0 radical (unpaired) electrons. The third kappa shape index (κ3) is 4.04. The minimum Gasteiger partial charge on any atom is -0.478 e. The van der Waals surface area contributed by atoms with Gasteiger partial charge in [0.25, 0.3) is 0 Å². The molecular formula is C15H21NO3. The van der Waals surface area contributed by atoms with Crippen LogP contribution in [0.1, 0.15) is 35.2 Å². The quantitative estimate of drug-likeness (QED) is 0.852. The minimum absolute atomic E-state index is 0.270. The summed E-state index contributed by atoms with van der Waals surface area (Å²) in [7, 11) is 0. The van der Waals surface area contributed by atoms with Crippen LogP contribution in [0.5, 0.6) is 0 Å². The molecule has 0 spiro atoms. The van der Waals surface area contributed by atoms with Crippen molar-refractivity contribution >= 4 is 5.97 Å². The minimum atomic E-state index is -0.882. The zero-order valence-electron chi connectivity index (χ0n) is 11.1. The number of aliphatic hydroxyl groups is 1. The van der Waals surface area contributed by atoms with E-state index in [2.05, 4.69) is 4.90 Å². The van der Waals surface area contributed by atoms with Crippen LogP contribution in [0.25, 0.3) is 0 Å². The number of hydrogen-bond acceptors (Lipinski definition) is 3. The second-order valence-electron chi connectivity index (χ2n) is 5.26. The number of benzene rings is 1. The molecule has 1 heterocycles. The van der Waals surface area contributed by atoms with E-state index >= 15 is 0 Å². The molecule has 1 aliphatic heterocycles. The largest absolute Gasteiger partial charge is 0.478 e. The molecule has 4 nitrogen and oxygen atoms in total. The van der Waals surface area contributed by atoms with Crippen LogP contribution in [0, 0.1) is 5.92 Å². The molecule has 4 heteroatoms. The smallest absolute Gasteiger partial charge is 0.335 e. The molecule has 0 bridgehead atoms. The highest BCUT2D eigenvalue weighted by atomic mass is 16.4. The summed E-state index contributed by atoms with van der Waals surface area (Å²) in [6.07, 6.45) is 3.27. The van der Waals surface area contributed by atoms with Gasteiger partial charge in [-0.05, 0) is 49.4 Å². The van der Waals surface area contributed by atoms with Gasteiger partial charge in [0.1, 0.15) is 0 Å². The molecular weight excluding hydrogens is 242 g/mol. The molecule has 1 aromatic carbocycles. The van der Waals surface area contributed by atoms with Crippen LogP contribution < -0.4 is 0 Å². The number of nitrogens with zero attached hydrogens (tertiary/aromatic N) is 1. The average Bonchev–Trinajstić information content (AvgIpc) is 2.40. The third-order valence-corrected chi connectivity index (χ3v) is 3.75. The Kier molecular flexibility index (Phi) is 4.93. The highest BCUT2D eigenvalue weighted by molar-refractivity contribution is 5.87. The van der Waals surface area contributed by atoms with Crippen LogP contribution >= 0.6 is 0 Å². The first-order valence-electron chi connectivity index (χ1n) is 6.84. The summed E-state index contributed by atoms with van der Waals surface area (Å²) >= 11 is 0. The van der Waals surface area contributed by atoms with E-state index in [0.717, 1.165) is 31.6 Å². The van der Waals surface area contributed by atoms with Crippen molar-refractivity contribution in [1.82, 2.24) is 4.90 Å². The lowest BCUT2D eigenvalue weighted by atomic mass is 9.95. The van der Waals surface area contributed by atoms with Gasteiger partial charge in [0, 0.05) is 19.7 Å². The number of carboxylic acids is 1. The van der Waals surface area contributed by atoms with Gasteiger partial charge < -0.3 is 10.2 Å². The lowest BCUT2D eigenvalue weighted by Gasteiger charge is -2.32. The van der Waals surface area contributed by atoms with Crippen LogP contribution in [0.15, 0.2) is 24.3 Å². The van der Waals surface area contributed by atoms with E-state index in [1.807, 2.05) is 12.1 Å². The summed E-state index contributed by atoms with van der Waals surface area (Å²) in [5.41, 5.74) is 1.48. The molecule has 0 amide bonds.